The first-order valence-corrected chi connectivity index (χ1v) is 13.2. The van der Waals surface area contributed by atoms with E-state index in [1.54, 1.807) is 13.2 Å². The highest BCUT2D eigenvalue weighted by atomic mass is 16.5. The predicted octanol–water partition coefficient (Wildman–Crippen LogP) is 5.62. The summed E-state index contributed by atoms with van der Waals surface area (Å²) < 4.78 is 5.61. The van der Waals surface area contributed by atoms with Gasteiger partial charge in [0.15, 0.2) is 11.5 Å². The van der Waals surface area contributed by atoms with Crippen molar-refractivity contribution in [3.8, 4) is 11.5 Å². The lowest BCUT2D eigenvalue weighted by atomic mass is 9.56. The normalized spacial score (nSPS) is 29.1. The van der Waals surface area contributed by atoms with Gasteiger partial charge in [-0.25, -0.2) is 0 Å². The number of nitrogens with zero attached hydrogens (tertiary/aromatic N) is 1. The van der Waals surface area contributed by atoms with Crippen LogP contribution in [0.4, 0.5) is 0 Å². The molecule has 194 valence electrons. The smallest absolute Gasteiger partial charge is 0.161 e. The van der Waals surface area contributed by atoms with Crippen LogP contribution >= 0.6 is 0 Å². The highest BCUT2D eigenvalue weighted by Gasteiger charge is 2.52. The van der Waals surface area contributed by atoms with Gasteiger partial charge in [0, 0.05) is 37.3 Å². The van der Waals surface area contributed by atoms with Gasteiger partial charge in [0.2, 0.25) is 0 Å². The fraction of sp³-hybridized carbons (Fsp3) is 0.793. The van der Waals surface area contributed by atoms with E-state index in [-0.39, 0.29) is 34.2 Å². The third-order valence-electron chi connectivity index (χ3n) is 9.60. The van der Waals surface area contributed by atoms with E-state index in [1.807, 2.05) is 19.9 Å². The monoisotopic (exact) mass is 475 g/mol. The largest absolute Gasteiger partial charge is 0.504 e. The minimum atomic E-state index is -0.839. The first kappa shape index (κ1) is 27.3. The lowest BCUT2D eigenvalue weighted by Gasteiger charge is -2.55. The van der Waals surface area contributed by atoms with Crippen LogP contribution in [0.3, 0.4) is 0 Å². The number of phenolic OH excluding ortho intramolecular Hbond substituents is 2. The third kappa shape index (κ3) is 5.12. The summed E-state index contributed by atoms with van der Waals surface area (Å²) in [6.07, 6.45) is 5.16. The summed E-state index contributed by atoms with van der Waals surface area (Å²) >= 11 is 0. The van der Waals surface area contributed by atoms with Crippen molar-refractivity contribution >= 4 is 0 Å². The molecule has 5 heteroatoms. The number of piperidine rings is 1. The van der Waals surface area contributed by atoms with E-state index >= 15 is 0 Å². The first-order valence-electron chi connectivity index (χ1n) is 13.2. The molecule has 34 heavy (non-hydrogen) atoms. The van der Waals surface area contributed by atoms with E-state index in [0.717, 1.165) is 49.4 Å². The fourth-order valence-corrected chi connectivity index (χ4v) is 6.45. The van der Waals surface area contributed by atoms with Crippen LogP contribution in [0, 0.1) is 30.1 Å². The van der Waals surface area contributed by atoms with Crippen LogP contribution in [0.25, 0.3) is 0 Å². The Hall–Kier alpha value is -1.30. The second-order valence-electron chi connectivity index (χ2n) is 12.6. The summed E-state index contributed by atoms with van der Waals surface area (Å²) in [6.45, 7) is 17.5. The quantitative estimate of drug-likeness (QED) is 0.404. The molecule has 1 saturated carbocycles. The molecule has 5 nitrogen and oxygen atoms in total. The average molecular weight is 476 g/mol. The topological polar surface area (TPSA) is 73.2 Å². The maximum atomic E-state index is 11.6. The zero-order valence-corrected chi connectivity index (χ0v) is 22.8. The van der Waals surface area contributed by atoms with Crippen molar-refractivity contribution in [1.82, 2.24) is 4.90 Å². The Labute approximate surface area is 207 Å². The first-order chi connectivity index (χ1) is 15.8. The summed E-state index contributed by atoms with van der Waals surface area (Å²) in [5.41, 5.74) is 0.444. The van der Waals surface area contributed by atoms with Crippen LogP contribution in [-0.2, 0) is 10.2 Å². The lowest BCUT2D eigenvalue weighted by molar-refractivity contribution is -0.102. The minimum absolute atomic E-state index is 0.0131. The molecule has 0 bridgehead atoms. The molecule has 1 aromatic rings. The summed E-state index contributed by atoms with van der Waals surface area (Å²) in [5, 5.41) is 33.3. The third-order valence-corrected chi connectivity index (χ3v) is 9.60. The molecular weight excluding hydrogens is 426 g/mol. The summed E-state index contributed by atoms with van der Waals surface area (Å²) in [4.78, 5) is 2.64. The highest BCUT2D eigenvalue weighted by molar-refractivity contribution is 5.53. The number of aromatic hydroxyl groups is 2. The molecule has 4 unspecified atom stereocenters. The van der Waals surface area contributed by atoms with Crippen LogP contribution in [-0.4, -0.2) is 58.7 Å². The molecule has 1 heterocycles. The fourth-order valence-electron chi connectivity index (χ4n) is 6.45. The molecule has 3 rings (SSSR count). The Morgan fingerprint density at radius 1 is 1.18 bits per heavy atom. The van der Waals surface area contributed by atoms with Crippen LogP contribution in [0.2, 0.25) is 0 Å². The average Bonchev–Trinajstić information content (AvgIpc) is 3.57. The number of hydrogen-bond acceptors (Lipinski definition) is 5. The van der Waals surface area contributed by atoms with Gasteiger partial charge < -0.3 is 25.0 Å². The van der Waals surface area contributed by atoms with Crippen molar-refractivity contribution in [1.29, 1.82) is 0 Å². The molecular formula is C29H49NO4. The summed E-state index contributed by atoms with van der Waals surface area (Å²) in [7, 11) is 1.73. The van der Waals surface area contributed by atoms with Crippen molar-refractivity contribution in [2.45, 2.75) is 97.6 Å². The molecule has 1 aliphatic carbocycles. The zero-order valence-electron chi connectivity index (χ0n) is 22.8. The molecule has 1 aromatic carbocycles. The molecule has 0 aromatic heterocycles. The number of aliphatic hydroxyl groups is 1. The van der Waals surface area contributed by atoms with Crippen LogP contribution in [0.5, 0.6) is 11.5 Å². The molecule has 2 aliphatic rings. The van der Waals surface area contributed by atoms with Crippen molar-refractivity contribution in [3.63, 3.8) is 0 Å². The van der Waals surface area contributed by atoms with Gasteiger partial charge in [-0.1, -0.05) is 33.8 Å². The molecule has 0 spiro atoms. The summed E-state index contributed by atoms with van der Waals surface area (Å²) in [5.74, 6) is 1.02. The molecule has 1 aliphatic heterocycles. The van der Waals surface area contributed by atoms with Gasteiger partial charge in [0.1, 0.15) is 0 Å². The maximum absolute atomic E-state index is 11.6. The highest BCUT2D eigenvalue weighted by Crippen LogP contribution is 2.54. The van der Waals surface area contributed by atoms with Crippen molar-refractivity contribution in [3.05, 3.63) is 23.3 Å². The lowest BCUT2D eigenvalue weighted by Crippen LogP contribution is -2.58. The Morgan fingerprint density at radius 3 is 2.38 bits per heavy atom. The number of phenols is 2. The zero-order chi connectivity index (χ0) is 25.5. The van der Waals surface area contributed by atoms with Crippen molar-refractivity contribution < 1.29 is 20.1 Å². The standard InChI is InChI=1S/C29H49NO4/c1-19-9-12-24(31)26(32)25(19)29(14-16-34-8)13-15-30(18-22-10-11-22)21(3)23(29)17-20(2)28(7,33)27(4,5)6/h9,12,20-23,31-33H,10-11,13-18H2,1-8H3/t20?,21?,23?,28-,29?/m0/s1. The maximum Gasteiger partial charge on any atom is 0.161 e. The van der Waals surface area contributed by atoms with Gasteiger partial charge in [0.25, 0.3) is 0 Å². The Kier molecular flexibility index (Phi) is 8.01. The van der Waals surface area contributed by atoms with Crippen molar-refractivity contribution in [2.75, 3.05) is 26.8 Å². The Bertz CT molecular complexity index is 841. The van der Waals surface area contributed by atoms with E-state index in [1.165, 1.54) is 12.8 Å². The van der Waals surface area contributed by atoms with E-state index in [4.69, 9.17) is 4.74 Å². The van der Waals surface area contributed by atoms with Gasteiger partial charge in [-0.3, -0.25) is 0 Å². The number of likely N-dealkylation sites (tertiary alicyclic amines) is 1. The number of aryl methyl sites for hydroxylation is 1. The number of hydrogen-bond donors (Lipinski definition) is 3. The van der Waals surface area contributed by atoms with Crippen LogP contribution < -0.4 is 0 Å². The number of methoxy groups -OCH3 is 1. The second kappa shape index (κ2) is 9.99. The van der Waals surface area contributed by atoms with Gasteiger partial charge in [-0.15, -0.1) is 0 Å². The Balaban J connectivity index is 2.11. The molecule has 1 saturated heterocycles. The van der Waals surface area contributed by atoms with Gasteiger partial charge in [-0.05, 0) is 94.2 Å². The van der Waals surface area contributed by atoms with E-state index in [2.05, 4.69) is 39.5 Å². The van der Waals surface area contributed by atoms with E-state index in [9.17, 15) is 15.3 Å². The van der Waals surface area contributed by atoms with Gasteiger partial charge in [-0.2, -0.15) is 0 Å². The number of rotatable bonds is 9. The van der Waals surface area contributed by atoms with Crippen LogP contribution in [0.15, 0.2) is 12.1 Å². The molecule has 0 amide bonds. The molecule has 3 N–H and O–H groups in total. The van der Waals surface area contributed by atoms with Crippen LogP contribution in [0.1, 0.15) is 84.8 Å². The summed E-state index contributed by atoms with van der Waals surface area (Å²) in [6, 6.07) is 3.81. The number of benzene rings is 1. The molecule has 2 fully saturated rings. The predicted molar refractivity (Wildman–Crippen MR) is 138 cm³/mol. The SMILES string of the molecule is COCCC1(c2c(C)ccc(O)c2O)CCN(CC2CC2)C(C)C1CC(C)[C@](C)(O)C(C)(C)C. The van der Waals surface area contributed by atoms with Gasteiger partial charge >= 0.3 is 0 Å². The molecule has 0 radical (unpaired) electrons. The second-order valence-corrected chi connectivity index (χ2v) is 12.6. The molecule has 5 atom stereocenters. The van der Waals surface area contributed by atoms with E-state index in [0.29, 0.717) is 12.6 Å². The minimum Gasteiger partial charge on any atom is -0.504 e. The Morgan fingerprint density at radius 2 is 1.82 bits per heavy atom. The van der Waals surface area contributed by atoms with E-state index < -0.39 is 5.60 Å². The van der Waals surface area contributed by atoms with Crippen molar-refractivity contribution in [2.24, 2.45) is 23.2 Å². The number of ether oxygens (including phenoxy) is 1. The van der Waals surface area contributed by atoms with Gasteiger partial charge in [0.05, 0.1) is 5.60 Å².